The summed E-state index contributed by atoms with van der Waals surface area (Å²) in [6.45, 7) is 0. The van der Waals surface area contributed by atoms with Crippen LogP contribution in [0.5, 0.6) is 5.75 Å². The van der Waals surface area contributed by atoms with E-state index in [2.05, 4.69) is 42.2 Å². The van der Waals surface area contributed by atoms with Crippen molar-refractivity contribution in [3.05, 3.63) is 37.2 Å². The number of nitrogens with zero attached hydrogens (tertiary/aromatic N) is 1. The van der Waals surface area contributed by atoms with Crippen LogP contribution < -0.4 is 10.1 Å². The van der Waals surface area contributed by atoms with Crippen molar-refractivity contribution in [2.75, 3.05) is 12.4 Å². The molecule has 0 spiro atoms. The third-order valence-corrected chi connectivity index (χ3v) is 5.01. The van der Waals surface area contributed by atoms with Gasteiger partial charge in [0.05, 0.1) is 35.3 Å². The van der Waals surface area contributed by atoms with E-state index < -0.39 is 0 Å². The van der Waals surface area contributed by atoms with Gasteiger partial charge in [-0.25, -0.2) is 4.98 Å². The second-order valence-corrected chi connectivity index (χ2v) is 6.98. The van der Waals surface area contributed by atoms with Crippen molar-refractivity contribution >= 4 is 66.4 Å². The molecule has 1 aromatic carbocycles. The van der Waals surface area contributed by atoms with E-state index in [4.69, 9.17) is 16.3 Å². The number of halogens is 3. The predicted octanol–water partition coefficient (Wildman–Crippen LogP) is 4.60. The lowest BCUT2D eigenvalue weighted by Gasteiger charge is -2.10. The molecule has 1 N–H and O–H groups in total. The Morgan fingerprint density at radius 1 is 1.43 bits per heavy atom. The number of hydrogen-bond acceptors (Lipinski definition) is 4. The Labute approximate surface area is 148 Å². The van der Waals surface area contributed by atoms with E-state index in [1.807, 2.05) is 11.4 Å². The van der Waals surface area contributed by atoms with Gasteiger partial charge in [0.1, 0.15) is 10.8 Å². The van der Waals surface area contributed by atoms with E-state index in [1.165, 1.54) is 11.3 Å². The Bertz CT molecular complexity index is 664. The molecule has 0 radical (unpaired) electrons. The number of rotatable bonds is 5. The lowest BCUT2D eigenvalue weighted by molar-refractivity contribution is -0.115. The van der Waals surface area contributed by atoms with Crippen LogP contribution in [-0.2, 0) is 17.1 Å². The zero-order valence-corrected chi connectivity index (χ0v) is 15.7. The molecule has 1 amide bonds. The topological polar surface area (TPSA) is 51.2 Å². The van der Waals surface area contributed by atoms with Gasteiger partial charge in [0.15, 0.2) is 0 Å². The summed E-state index contributed by atoms with van der Waals surface area (Å²) in [6.07, 6.45) is 0.215. The third-order valence-electron chi connectivity index (χ3n) is 2.56. The minimum Gasteiger partial charge on any atom is -0.495 e. The molecule has 0 aliphatic heterocycles. The molecule has 8 heteroatoms. The van der Waals surface area contributed by atoms with Crippen molar-refractivity contribution in [1.29, 1.82) is 0 Å². The number of anilines is 1. The highest BCUT2D eigenvalue weighted by molar-refractivity contribution is 9.11. The number of carbonyl (C=O) groups is 1. The molecule has 2 aromatic rings. The molecular formula is C13H11Br2ClN2O2S. The number of thiazole rings is 1. The molecule has 0 bridgehead atoms. The van der Waals surface area contributed by atoms with Crippen LogP contribution in [0.15, 0.2) is 26.5 Å². The monoisotopic (exact) mass is 452 g/mol. The molecule has 1 heterocycles. The van der Waals surface area contributed by atoms with Crippen LogP contribution in [0.1, 0.15) is 10.7 Å². The Hall–Kier alpha value is -0.630. The first kappa shape index (κ1) is 16.7. The van der Waals surface area contributed by atoms with Crippen LogP contribution in [0.4, 0.5) is 5.69 Å². The molecule has 0 fully saturated rings. The van der Waals surface area contributed by atoms with Gasteiger partial charge in [0.25, 0.3) is 0 Å². The van der Waals surface area contributed by atoms with Gasteiger partial charge in [0.2, 0.25) is 5.91 Å². The number of nitrogens with one attached hydrogen (secondary N) is 1. The number of alkyl halides is 1. The van der Waals surface area contributed by atoms with E-state index in [9.17, 15) is 4.79 Å². The lowest BCUT2D eigenvalue weighted by Crippen LogP contribution is -2.14. The van der Waals surface area contributed by atoms with Gasteiger partial charge in [-0.05, 0) is 37.9 Å². The van der Waals surface area contributed by atoms with Gasteiger partial charge in [-0.3, -0.25) is 4.79 Å². The fourth-order valence-electron chi connectivity index (χ4n) is 1.60. The van der Waals surface area contributed by atoms with Crippen molar-refractivity contribution in [2.24, 2.45) is 0 Å². The second kappa shape index (κ2) is 7.58. The van der Waals surface area contributed by atoms with Crippen LogP contribution in [-0.4, -0.2) is 18.0 Å². The van der Waals surface area contributed by atoms with Crippen LogP contribution in [0, 0.1) is 0 Å². The molecular weight excluding hydrogens is 443 g/mol. The van der Waals surface area contributed by atoms with Crippen molar-refractivity contribution < 1.29 is 9.53 Å². The maximum absolute atomic E-state index is 12.1. The van der Waals surface area contributed by atoms with Gasteiger partial charge >= 0.3 is 0 Å². The largest absolute Gasteiger partial charge is 0.495 e. The molecule has 0 aliphatic rings. The molecule has 1 aromatic heterocycles. The Kier molecular flexibility index (Phi) is 6.04. The zero-order chi connectivity index (χ0) is 15.4. The molecule has 0 saturated carbocycles. The molecule has 0 saturated heterocycles. The highest BCUT2D eigenvalue weighted by atomic mass is 79.9. The van der Waals surface area contributed by atoms with Crippen molar-refractivity contribution in [2.45, 2.75) is 12.3 Å². The number of aromatic nitrogens is 1. The quantitative estimate of drug-likeness (QED) is 0.672. The van der Waals surface area contributed by atoms with E-state index in [0.29, 0.717) is 17.3 Å². The number of amides is 1. The number of hydrogen-bond donors (Lipinski definition) is 1. The minimum absolute atomic E-state index is 0.143. The van der Waals surface area contributed by atoms with E-state index in [1.54, 1.807) is 13.2 Å². The summed E-state index contributed by atoms with van der Waals surface area (Å²) in [5.41, 5.74) is 1.44. The van der Waals surface area contributed by atoms with Gasteiger partial charge in [-0.1, -0.05) is 0 Å². The summed E-state index contributed by atoms with van der Waals surface area (Å²) in [6, 6.07) is 3.57. The average Bonchev–Trinajstić information content (AvgIpc) is 2.89. The standard InChI is InChI=1S/C13H11Br2ClN2O2S/c1-20-11-3-10(8(14)2-9(11)15)18-12(19)4-13-17-7(5-16)6-21-13/h2-3,6H,4-5H2,1H3,(H,18,19). The first-order chi connectivity index (χ1) is 10.0. The van der Waals surface area contributed by atoms with Crippen molar-refractivity contribution in [3.63, 3.8) is 0 Å². The van der Waals surface area contributed by atoms with Crippen LogP contribution in [0.2, 0.25) is 0 Å². The predicted molar refractivity (Wildman–Crippen MR) is 92.4 cm³/mol. The SMILES string of the molecule is COc1cc(NC(=O)Cc2nc(CCl)cs2)c(Br)cc1Br. The number of methoxy groups -OCH3 is 1. The first-order valence-corrected chi connectivity index (χ1v) is 8.85. The highest BCUT2D eigenvalue weighted by Gasteiger charge is 2.12. The lowest BCUT2D eigenvalue weighted by atomic mass is 10.3. The highest BCUT2D eigenvalue weighted by Crippen LogP contribution is 2.34. The fraction of sp³-hybridized carbons (Fsp3) is 0.231. The first-order valence-electron chi connectivity index (χ1n) is 5.85. The summed E-state index contributed by atoms with van der Waals surface area (Å²) in [5.74, 6) is 0.857. The molecule has 21 heavy (non-hydrogen) atoms. The fourth-order valence-corrected chi connectivity index (χ4v) is 3.88. The van der Waals surface area contributed by atoms with Crippen molar-refractivity contribution in [3.8, 4) is 5.75 Å². The smallest absolute Gasteiger partial charge is 0.231 e. The van der Waals surface area contributed by atoms with Crippen molar-refractivity contribution in [1.82, 2.24) is 4.98 Å². The molecule has 0 unspecified atom stereocenters. The molecule has 4 nitrogen and oxygen atoms in total. The summed E-state index contributed by atoms with van der Waals surface area (Å²) < 4.78 is 6.79. The van der Waals surface area contributed by atoms with E-state index in [-0.39, 0.29) is 12.3 Å². The Morgan fingerprint density at radius 3 is 2.81 bits per heavy atom. The molecule has 2 rings (SSSR count). The minimum atomic E-state index is -0.143. The molecule has 112 valence electrons. The number of benzene rings is 1. The third kappa shape index (κ3) is 4.42. The molecule has 0 aliphatic carbocycles. The van der Waals surface area contributed by atoms with Crippen LogP contribution in [0.25, 0.3) is 0 Å². The summed E-state index contributed by atoms with van der Waals surface area (Å²) in [4.78, 5) is 16.3. The van der Waals surface area contributed by atoms with Gasteiger partial charge in [-0.2, -0.15) is 0 Å². The number of ether oxygens (including phenoxy) is 1. The Morgan fingerprint density at radius 2 is 2.19 bits per heavy atom. The van der Waals surface area contributed by atoms with Crippen LogP contribution >= 0.6 is 54.8 Å². The number of carbonyl (C=O) groups excluding carboxylic acids is 1. The van der Waals surface area contributed by atoms with Gasteiger partial charge < -0.3 is 10.1 Å². The summed E-state index contributed by atoms with van der Waals surface area (Å²) in [7, 11) is 1.57. The van der Waals surface area contributed by atoms with E-state index in [0.717, 1.165) is 19.6 Å². The normalized spacial score (nSPS) is 10.5. The summed E-state index contributed by atoms with van der Waals surface area (Å²) in [5, 5.41) is 5.43. The summed E-state index contributed by atoms with van der Waals surface area (Å²) >= 11 is 13.9. The van der Waals surface area contributed by atoms with E-state index >= 15 is 0 Å². The zero-order valence-electron chi connectivity index (χ0n) is 11.0. The van der Waals surface area contributed by atoms with Gasteiger partial charge in [0, 0.05) is 15.9 Å². The maximum Gasteiger partial charge on any atom is 0.231 e. The van der Waals surface area contributed by atoms with Gasteiger partial charge in [-0.15, -0.1) is 22.9 Å². The maximum atomic E-state index is 12.1. The van der Waals surface area contributed by atoms with Crippen LogP contribution in [0.3, 0.4) is 0 Å². The average molecular weight is 455 g/mol. The Balaban J connectivity index is 2.08. The molecule has 0 atom stereocenters. The second-order valence-electron chi connectivity index (χ2n) is 4.06.